The molecule has 2 amide bonds. The van der Waals surface area contributed by atoms with Crippen molar-refractivity contribution in [2.75, 3.05) is 6.54 Å². The van der Waals surface area contributed by atoms with E-state index in [0.29, 0.717) is 5.56 Å². The zero-order chi connectivity index (χ0) is 16.3. The Hall–Kier alpha value is -2.68. The lowest BCUT2D eigenvalue weighted by Gasteiger charge is -2.21. The molecule has 3 N–H and O–H groups in total. The summed E-state index contributed by atoms with van der Waals surface area (Å²) in [7, 11) is 0. The van der Waals surface area contributed by atoms with Crippen LogP contribution in [0.25, 0.3) is 0 Å². The van der Waals surface area contributed by atoms with Crippen LogP contribution >= 0.6 is 0 Å². The van der Waals surface area contributed by atoms with Crippen molar-refractivity contribution in [2.24, 2.45) is 5.73 Å². The zero-order valence-electron chi connectivity index (χ0n) is 11.5. The van der Waals surface area contributed by atoms with Crippen molar-refractivity contribution in [1.82, 2.24) is 4.90 Å². The summed E-state index contributed by atoms with van der Waals surface area (Å²) < 4.78 is 5.04. The molecule has 118 valence electrons. The summed E-state index contributed by atoms with van der Waals surface area (Å²) in [6.45, 7) is -0.123. The fourth-order valence-corrected chi connectivity index (χ4v) is 2.23. The minimum Gasteiger partial charge on any atom is -0.445 e. The first-order chi connectivity index (χ1) is 10.4. The van der Waals surface area contributed by atoms with Crippen LogP contribution in [0.1, 0.15) is 12.0 Å². The fourth-order valence-electron chi connectivity index (χ4n) is 2.23. The van der Waals surface area contributed by atoms with Crippen LogP contribution in [0.4, 0.5) is 10.5 Å². The number of nitrogens with zero attached hydrogens (tertiary/aromatic N) is 2. The largest absolute Gasteiger partial charge is 0.445 e. The third kappa shape index (κ3) is 3.50. The molecule has 0 radical (unpaired) electrons. The number of likely N-dealkylation sites (tertiary alicyclic amines) is 1. The maximum atomic E-state index is 11.9. The molecule has 1 unspecified atom stereocenters. The number of amides is 2. The Kier molecular flexibility index (Phi) is 4.56. The van der Waals surface area contributed by atoms with Crippen molar-refractivity contribution in [3.63, 3.8) is 0 Å². The number of rotatable bonds is 4. The number of benzene rings is 1. The second-order valence-electron chi connectivity index (χ2n) is 4.94. The van der Waals surface area contributed by atoms with Crippen LogP contribution in [0.15, 0.2) is 24.3 Å². The predicted molar refractivity (Wildman–Crippen MR) is 73.6 cm³/mol. The van der Waals surface area contributed by atoms with Gasteiger partial charge in [0.15, 0.2) is 0 Å². The Balaban J connectivity index is 1.94. The maximum Gasteiger partial charge on any atom is 0.410 e. The molecule has 22 heavy (non-hydrogen) atoms. The van der Waals surface area contributed by atoms with E-state index in [4.69, 9.17) is 10.5 Å². The average Bonchev–Trinajstić information content (AvgIpc) is 2.87. The third-order valence-corrected chi connectivity index (χ3v) is 3.35. The van der Waals surface area contributed by atoms with E-state index in [1.165, 1.54) is 24.3 Å². The van der Waals surface area contributed by atoms with Crippen molar-refractivity contribution in [3.05, 3.63) is 39.9 Å². The molecule has 1 saturated heterocycles. The van der Waals surface area contributed by atoms with E-state index >= 15 is 0 Å². The van der Waals surface area contributed by atoms with E-state index < -0.39 is 29.1 Å². The van der Waals surface area contributed by atoms with Crippen LogP contribution in [0, 0.1) is 10.1 Å². The molecule has 1 aliphatic rings. The molecule has 1 fully saturated rings. The van der Waals surface area contributed by atoms with Crippen molar-refractivity contribution < 1.29 is 24.4 Å². The molecule has 0 aromatic heterocycles. The van der Waals surface area contributed by atoms with Crippen LogP contribution in [0.3, 0.4) is 0 Å². The Morgan fingerprint density at radius 1 is 1.41 bits per heavy atom. The highest BCUT2D eigenvalue weighted by atomic mass is 16.6. The molecule has 2 rings (SSSR count). The molecule has 1 aliphatic heterocycles. The standard InChI is InChI=1S/C13H15N3O6/c14-12(18)11-5-10(17)6-15(11)13(19)22-7-8-1-3-9(4-2-8)16(20)21/h1-4,10-11,17H,5-7H2,(H2,14,18)/t10?,11-/m0/s1. The summed E-state index contributed by atoms with van der Waals surface area (Å²) in [5.74, 6) is -0.705. The highest BCUT2D eigenvalue weighted by molar-refractivity contribution is 5.85. The van der Waals surface area contributed by atoms with Gasteiger partial charge in [-0.1, -0.05) is 0 Å². The minimum atomic E-state index is -0.889. The molecule has 9 nitrogen and oxygen atoms in total. The lowest BCUT2D eigenvalue weighted by atomic mass is 10.2. The normalized spacial score (nSPS) is 20.7. The van der Waals surface area contributed by atoms with Gasteiger partial charge in [0.2, 0.25) is 5.91 Å². The van der Waals surface area contributed by atoms with Gasteiger partial charge in [-0.3, -0.25) is 19.8 Å². The summed E-state index contributed by atoms with van der Waals surface area (Å²) in [4.78, 5) is 34.2. The van der Waals surface area contributed by atoms with Gasteiger partial charge in [-0.25, -0.2) is 4.79 Å². The number of nitrogens with two attached hydrogens (primary N) is 1. The fraction of sp³-hybridized carbons (Fsp3) is 0.385. The minimum absolute atomic E-state index is 0.0211. The molecule has 1 heterocycles. The number of aliphatic hydroxyl groups excluding tert-OH is 1. The van der Waals surface area contributed by atoms with Gasteiger partial charge >= 0.3 is 6.09 Å². The van der Waals surface area contributed by atoms with Gasteiger partial charge < -0.3 is 15.6 Å². The molecule has 1 aromatic carbocycles. The van der Waals surface area contributed by atoms with Gasteiger partial charge in [0.25, 0.3) is 5.69 Å². The molecule has 0 saturated carbocycles. The molecular weight excluding hydrogens is 294 g/mol. The van der Waals surface area contributed by atoms with E-state index in [1.807, 2.05) is 0 Å². The molecule has 1 aromatic rings. The van der Waals surface area contributed by atoms with Gasteiger partial charge in [0.1, 0.15) is 12.6 Å². The van der Waals surface area contributed by atoms with E-state index in [-0.39, 0.29) is 25.3 Å². The number of aliphatic hydroxyl groups is 1. The molecule has 9 heteroatoms. The van der Waals surface area contributed by atoms with Gasteiger partial charge in [0.05, 0.1) is 17.6 Å². The number of ether oxygens (including phenoxy) is 1. The second-order valence-corrected chi connectivity index (χ2v) is 4.94. The van der Waals surface area contributed by atoms with Crippen LogP contribution in [-0.4, -0.2) is 45.6 Å². The van der Waals surface area contributed by atoms with E-state index in [0.717, 1.165) is 4.90 Å². The lowest BCUT2D eigenvalue weighted by Crippen LogP contribution is -2.43. The number of carbonyl (C=O) groups excluding carboxylic acids is 2. The summed E-state index contributed by atoms with van der Waals surface area (Å²) in [5, 5.41) is 20.0. The van der Waals surface area contributed by atoms with Gasteiger partial charge in [0, 0.05) is 18.6 Å². The number of hydrogen-bond donors (Lipinski definition) is 2. The smallest absolute Gasteiger partial charge is 0.410 e. The van der Waals surface area contributed by atoms with Crippen LogP contribution in [-0.2, 0) is 16.1 Å². The Morgan fingerprint density at radius 3 is 2.59 bits per heavy atom. The number of non-ortho nitro benzene ring substituents is 1. The van der Waals surface area contributed by atoms with Gasteiger partial charge in [-0.2, -0.15) is 0 Å². The molecule has 0 bridgehead atoms. The number of nitro benzene ring substituents is 1. The lowest BCUT2D eigenvalue weighted by molar-refractivity contribution is -0.384. The average molecular weight is 309 g/mol. The summed E-state index contributed by atoms with van der Waals surface area (Å²) >= 11 is 0. The van der Waals surface area contributed by atoms with Crippen molar-refractivity contribution in [3.8, 4) is 0 Å². The van der Waals surface area contributed by atoms with Crippen molar-refractivity contribution in [2.45, 2.75) is 25.2 Å². The summed E-state index contributed by atoms with van der Waals surface area (Å²) in [6, 6.07) is 4.65. The van der Waals surface area contributed by atoms with Gasteiger partial charge in [-0.15, -0.1) is 0 Å². The third-order valence-electron chi connectivity index (χ3n) is 3.35. The first-order valence-electron chi connectivity index (χ1n) is 6.52. The van der Waals surface area contributed by atoms with Crippen molar-refractivity contribution in [1.29, 1.82) is 0 Å². The summed E-state index contributed by atoms with van der Waals surface area (Å²) in [5.41, 5.74) is 5.68. The first-order valence-corrected chi connectivity index (χ1v) is 6.52. The first kappa shape index (κ1) is 15.7. The van der Waals surface area contributed by atoms with Crippen LogP contribution in [0.2, 0.25) is 0 Å². The Labute approximate surface area is 125 Å². The zero-order valence-corrected chi connectivity index (χ0v) is 11.5. The number of carbonyl (C=O) groups is 2. The number of β-amino-alcohol motifs (C(OH)–C–C–N with tert-alkyl or cyclic N) is 1. The topological polar surface area (TPSA) is 136 Å². The summed E-state index contributed by atoms with van der Waals surface area (Å²) in [6.07, 6.45) is -1.50. The highest BCUT2D eigenvalue weighted by Gasteiger charge is 2.38. The number of nitro groups is 1. The number of primary amides is 1. The molecular formula is C13H15N3O6. The quantitative estimate of drug-likeness (QED) is 0.600. The van der Waals surface area contributed by atoms with Crippen LogP contribution in [0.5, 0.6) is 0 Å². The van der Waals surface area contributed by atoms with Gasteiger partial charge in [-0.05, 0) is 17.7 Å². The predicted octanol–water partition coefficient (Wildman–Crippen LogP) is 0.152. The Morgan fingerprint density at radius 2 is 2.05 bits per heavy atom. The highest BCUT2D eigenvalue weighted by Crippen LogP contribution is 2.19. The number of hydrogen-bond acceptors (Lipinski definition) is 6. The van der Waals surface area contributed by atoms with E-state index in [2.05, 4.69) is 0 Å². The molecule has 0 spiro atoms. The van der Waals surface area contributed by atoms with E-state index in [1.54, 1.807) is 0 Å². The second kappa shape index (κ2) is 6.39. The van der Waals surface area contributed by atoms with Crippen LogP contribution < -0.4 is 5.73 Å². The van der Waals surface area contributed by atoms with Crippen molar-refractivity contribution >= 4 is 17.7 Å². The SMILES string of the molecule is NC(=O)[C@@H]1CC(O)CN1C(=O)OCc1ccc([N+](=O)[O-])cc1. The monoisotopic (exact) mass is 309 g/mol. The van der Waals surface area contributed by atoms with E-state index in [9.17, 15) is 24.8 Å². The maximum absolute atomic E-state index is 11.9. The Bertz CT molecular complexity index is 588. The molecule has 0 aliphatic carbocycles. The molecule has 2 atom stereocenters.